The number of hydrogen-bond donors (Lipinski definition) is 3. The number of carbonyl (C=O) groups is 2. The van der Waals surface area contributed by atoms with Crippen LogP contribution in [0, 0.1) is 18.3 Å². The molecule has 0 aromatic heterocycles. The first-order chi connectivity index (χ1) is 16.8. The SMILES string of the molecule is COc1cc(/C=C(\C#N)C(=O)Nc2ccc(O)cc2)ccc1OCC(=O)Nc1ccc(C)c(Cl)c1. The average Bonchev–Trinajstić information content (AvgIpc) is 2.85. The number of halogens is 1. The Kier molecular flexibility index (Phi) is 8.33. The summed E-state index contributed by atoms with van der Waals surface area (Å²) in [7, 11) is 1.44. The molecule has 178 valence electrons. The van der Waals surface area contributed by atoms with Gasteiger partial charge in [0.2, 0.25) is 0 Å². The van der Waals surface area contributed by atoms with Crippen LogP contribution in [-0.2, 0) is 9.59 Å². The van der Waals surface area contributed by atoms with Crippen molar-refractivity contribution in [3.05, 3.63) is 82.4 Å². The van der Waals surface area contributed by atoms with Crippen LogP contribution in [0.4, 0.5) is 11.4 Å². The molecule has 0 atom stereocenters. The van der Waals surface area contributed by atoms with E-state index in [1.807, 2.05) is 13.0 Å². The van der Waals surface area contributed by atoms with E-state index >= 15 is 0 Å². The minimum atomic E-state index is -0.606. The van der Waals surface area contributed by atoms with Gasteiger partial charge >= 0.3 is 0 Å². The first-order valence-corrected chi connectivity index (χ1v) is 10.8. The second-order valence-corrected chi connectivity index (χ2v) is 7.79. The molecule has 3 N–H and O–H groups in total. The summed E-state index contributed by atoms with van der Waals surface area (Å²) in [5, 5.41) is 24.6. The number of rotatable bonds is 8. The minimum absolute atomic E-state index is 0.0606. The number of hydrogen-bond acceptors (Lipinski definition) is 6. The molecule has 0 aliphatic carbocycles. The van der Waals surface area contributed by atoms with E-state index in [0.29, 0.717) is 33.5 Å². The number of carbonyl (C=O) groups excluding carboxylic acids is 2. The number of phenolic OH excluding ortho intramolecular Hbond substituents is 1. The highest BCUT2D eigenvalue weighted by atomic mass is 35.5. The maximum Gasteiger partial charge on any atom is 0.266 e. The number of anilines is 2. The van der Waals surface area contributed by atoms with Crippen LogP contribution >= 0.6 is 11.6 Å². The molecule has 3 aromatic rings. The van der Waals surface area contributed by atoms with Crippen molar-refractivity contribution in [1.29, 1.82) is 5.26 Å². The number of benzene rings is 3. The Morgan fingerprint density at radius 1 is 1.03 bits per heavy atom. The molecule has 0 spiro atoms. The Morgan fingerprint density at radius 3 is 2.40 bits per heavy atom. The van der Waals surface area contributed by atoms with Crippen LogP contribution in [0.1, 0.15) is 11.1 Å². The van der Waals surface area contributed by atoms with Crippen molar-refractivity contribution in [1.82, 2.24) is 0 Å². The summed E-state index contributed by atoms with van der Waals surface area (Å²) < 4.78 is 10.9. The molecule has 0 aliphatic rings. The average molecular weight is 492 g/mol. The summed E-state index contributed by atoms with van der Waals surface area (Å²) in [6.07, 6.45) is 1.40. The standard InChI is InChI=1S/C26H22ClN3O5/c1-16-3-5-20(13-22(16)27)29-25(32)15-35-23-10-4-17(12-24(23)34-2)11-18(14-28)26(33)30-19-6-8-21(31)9-7-19/h3-13,31H,15H2,1-2H3,(H,29,32)(H,30,33)/b18-11+. The van der Waals surface area contributed by atoms with E-state index in [-0.39, 0.29) is 23.8 Å². The number of nitrogens with zero attached hydrogens (tertiary/aromatic N) is 1. The van der Waals surface area contributed by atoms with E-state index in [4.69, 9.17) is 21.1 Å². The summed E-state index contributed by atoms with van der Waals surface area (Å²) in [6, 6.07) is 17.7. The fourth-order valence-corrected chi connectivity index (χ4v) is 3.14. The summed E-state index contributed by atoms with van der Waals surface area (Å²) >= 11 is 6.08. The molecular formula is C26H22ClN3O5. The Morgan fingerprint density at radius 2 is 1.74 bits per heavy atom. The van der Waals surface area contributed by atoms with Crippen molar-refractivity contribution >= 4 is 40.9 Å². The fraction of sp³-hybridized carbons (Fsp3) is 0.115. The molecule has 3 aromatic carbocycles. The Bertz CT molecular complexity index is 1310. The zero-order valence-corrected chi connectivity index (χ0v) is 19.7. The van der Waals surface area contributed by atoms with Crippen LogP contribution in [-0.4, -0.2) is 30.6 Å². The van der Waals surface area contributed by atoms with Gasteiger partial charge in [-0.15, -0.1) is 0 Å². The van der Waals surface area contributed by atoms with Crippen molar-refractivity contribution < 1.29 is 24.2 Å². The van der Waals surface area contributed by atoms with Gasteiger partial charge in [-0.2, -0.15) is 5.26 Å². The third-order valence-corrected chi connectivity index (χ3v) is 5.21. The molecule has 0 aliphatic heterocycles. The lowest BCUT2D eigenvalue weighted by atomic mass is 10.1. The van der Waals surface area contributed by atoms with Gasteiger partial charge in [0.1, 0.15) is 17.4 Å². The molecule has 0 heterocycles. The molecule has 0 saturated heterocycles. The van der Waals surface area contributed by atoms with Crippen molar-refractivity contribution in [3.8, 4) is 23.3 Å². The number of phenols is 1. The normalized spacial score (nSPS) is 10.7. The van der Waals surface area contributed by atoms with Gasteiger partial charge in [-0.05, 0) is 72.7 Å². The number of nitrogens with one attached hydrogen (secondary N) is 2. The maximum absolute atomic E-state index is 12.4. The topological polar surface area (TPSA) is 121 Å². The number of amides is 2. The fourth-order valence-electron chi connectivity index (χ4n) is 2.96. The van der Waals surface area contributed by atoms with Gasteiger partial charge in [0, 0.05) is 16.4 Å². The van der Waals surface area contributed by atoms with Crippen LogP contribution in [0.5, 0.6) is 17.2 Å². The van der Waals surface area contributed by atoms with Gasteiger partial charge in [-0.1, -0.05) is 23.7 Å². The quantitative estimate of drug-likeness (QED) is 0.233. The van der Waals surface area contributed by atoms with Crippen molar-refractivity contribution in [2.75, 3.05) is 24.4 Å². The van der Waals surface area contributed by atoms with Crippen LogP contribution in [0.15, 0.2) is 66.2 Å². The summed E-state index contributed by atoms with van der Waals surface area (Å²) in [6.45, 7) is 1.60. The highest BCUT2D eigenvalue weighted by molar-refractivity contribution is 6.31. The molecule has 9 heteroatoms. The zero-order chi connectivity index (χ0) is 25.4. The first kappa shape index (κ1) is 25.1. The van der Waals surface area contributed by atoms with Gasteiger partial charge in [0.25, 0.3) is 11.8 Å². The van der Waals surface area contributed by atoms with Crippen LogP contribution < -0.4 is 20.1 Å². The van der Waals surface area contributed by atoms with Gasteiger partial charge in [0.15, 0.2) is 18.1 Å². The monoisotopic (exact) mass is 491 g/mol. The molecule has 0 fully saturated rings. The van der Waals surface area contributed by atoms with Crippen molar-refractivity contribution in [3.63, 3.8) is 0 Å². The number of methoxy groups -OCH3 is 1. The Balaban J connectivity index is 1.67. The maximum atomic E-state index is 12.4. The molecule has 2 amide bonds. The van der Waals surface area contributed by atoms with E-state index in [9.17, 15) is 20.0 Å². The predicted molar refractivity (Wildman–Crippen MR) is 134 cm³/mol. The second kappa shape index (κ2) is 11.6. The smallest absolute Gasteiger partial charge is 0.266 e. The summed E-state index contributed by atoms with van der Waals surface area (Å²) in [4.78, 5) is 24.7. The minimum Gasteiger partial charge on any atom is -0.508 e. The molecule has 0 bridgehead atoms. The molecular weight excluding hydrogens is 470 g/mol. The lowest BCUT2D eigenvalue weighted by molar-refractivity contribution is -0.118. The van der Waals surface area contributed by atoms with E-state index < -0.39 is 5.91 Å². The molecule has 3 rings (SSSR count). The van der Waals surface area contributed by atoms with Crippen LogP contribution in [0.3, 0.4) is 0 Å². The third kappa shape index (κ3) is 7.00. The van der Waals surface area contributed by atoms with Crippen molar-refractivity contribution in [2.24, 2.45) is 0 Å². The van der Waals surface area contributed by atoms with E-state index in [1.165, 1.54) is 37.5 Å². The molecule has 35 heavy (non-hydrogen) atoms. The number of aryl methyl sites for hydroxylation is 1. The summed E-state index contributed by atoms with van der Waals surface area (Å²) in [5.41, 5.74) is 2.27. The van der Waals surface area contributed by atoms with E-state index in [1.54, 1.807) is 36.4 Å². The molecule has 0 unspecified atom stereocenters. The number of aromatic hydroxyl groups is 1. The van der Waals surface area contributed by atoms with Gasteiger partial charge < -0.3 is 25.2 Å². The van der Waals surface area contributed by atoms with Gasteiger partial charge in [0.05, 0.1) is 7.11 Å². The molecule has 0 saturated carbocycles. The molecule has 8 nitrogen and oxygen atoms in total. The van der Waals surface area contributed by atoms with Crippen molar-refractivity contribution in [2.45, 2.75) is 6.92 Å². The van der Waals surface area contributed by atoms with Crippen LogP contribution in [0.2, 0.25) is 5.02 Å². The largest absolute Gasteiger partial charge is 0.508 e. The number of nitriles is 1. The van der Waals surface area contributed by atoms with E-state index in [0.717, 1.165) is 5.56 Å². The van der Waals surface area contributed by atoms with Gasteiger partial charge in [-0.3, -0.25) is 9.59 Å². The Labute approximate surface area is 207 Å². The first-order valence-electron chi connectivity index (χ1n) is 10.4. The van der Waals surface area contributed by atoms with E-state index in [2.05, 4.69) is 10.6 Å². The highest BCUT2D eigenvalue weighted by Crippen LogP contribution is 2.29. The highest BCUT2D eigenvalue weighted by Gasteiger charge is 2.13. The van der Waals surface area contributed by atoms with Crippen LogP contribution in [0.25, 0.3) is 6.08 Å². The second-order valence-electron chi connectivity index (χ2n) is 7.38. The zero-order valence-electron chi connectivity index (χ0n) is 19.0. The van der Waals surface area contributed by atoms with Gasteiger partial charge in [-0.25, -0.2) is 0 Å². The predicted octanol–water partition coefficient (Wildman–Crippen LogP) is 4.93. The lowest BCUT2D eigenvalue weighted by Crippen LogP contribution is -2.20. The third-order valence-electron chi connectivity index (χ3n) is 4.80. The molecule has 0 radical (unpaired) electrons. The lowest BCUT2D eigenvalue weighted by Gasteiger charge is -2.12. The Hall–Kier alpha value is -4.48. The summed E-state index contributed by atoms with van der Waals surface area (Å²) in [5.74, 6) is -0.292. The number of ether oxygens (including phenoxy) is 2.